The molecule has 0 fully saturated rings. The summed E-state index contributed by atoms with van der Waals surface area (Å²) < 4.78 is 22.9. The van der Waals surface area contributed by atoms with Gasteiger partial charge in [0.05, 0.1) is 34.4 Å². The highest BCUT2D eigenvalue weighted by molar-refractivity contribution is 5.71. The zero-order valence-electron chi connectivity index (χ0n) is 49.3. The van der Waals surface area contributed by atoms with Gasteiger partial charge in [0.25, 0.3) is 6.29 Å². The molecule has 434 valence electrons. The highest BCUT2D eigenvalue weighted by Crippen LogP contribution is 2.14. The maximum absolute atomic E-state index is 12.9. The molecule has 9 nitrogen and oxygen atoms in total. The number of unbranched alkanes of at least 4 members (excludes halogenated alkanes) is 14. The fourth-order valence-corrected chi connectivity index (χ4v) is 7.55. The molecular formula is C68H110NO8+. The zero-order chi connectivity index (χ0) is 56.2. The summed E-state index contributed by atoms with van der Waals surface area (Å²) in [5.74, 6) is -2.06. The smallest absolute Gasteiger partial charge is 0.361 e. The number of carboxylic acids is 1. The summed E-state index contributed by atoms with van der Waals surface area (Å²) in [7, 11) is 5.95. The summed E-state index contributed by atoms with van der Waals surface area (Å²) in [6, 6.07) is 0. The van der Waals surface area contributed by atoms with Gasteiger partial charge in [0.15, 0.2) is 6.10 Å². The second-order valence-corrected chi connectivity index (χ2v) is 20.5. The largest absolute Gasteiger partial charge is 0.477 e. The summed E-state index contributed by atoms with van der Waals surface area (Å²) in [6.45, 7) is 4.59. The Morgan fingerprint density at radius 3 is 1.04 bits per heavy atom. The van der Waals surface area contributed by atoms with Crippen LogP contribution in [0, 0.1) is 0 Å². The third kappa shape index (κ3) is 58.7. The van der Waals surface area contributed by atoms with E-state index >= 15 is 0 Å². The molecule has 0 saturated carbocycles. The number of nitrogens with zero attached hydrogens (tertiary/aromatic N) is 1. The SMILES string of the molecule is CC/C=C\C/C=C\C/C=C\C/C=C\C/C=C\C/C=C\CCCCCCCCCCCCC(=O)OC(COC(=O)CCCCCC/C=C\C/C=C\C/C=C\C/C=C\C/C=C\C/C=C\CC)COC(OCC[N+](C)(C)C)C(=O)O. The summed E-state index contributed by atoms with van der Waals surface area (Å²) in [5.41, 5.74) is 0. The number of aliphatic carboxylic acids is 1. The van der Waals surface area contributed by atoms with Gasteiger partial charge >= 0.3 is 17.9 Å². The van der Waals surface area contributed by atoms with E-state index in [9.17, 15) is 19.5 Å². The van der Waals surface area contributed by atoms with E-state index in [-0.39, 0.29) is 38.6 Å². The Morgan fingerprint density at radius 1 is 0.390 bits per heavy atom. The summed E-state index contributed by atoms with van der Waals surface area (Å²) in [4.78, 5) is 37.5. The minimum absolute atomic E-state index is 0.174. The van der Waals surface area contributed by atoms with E-state index in [4.69, 9.17) is 18.9 Å². The molecule has 0 saturated heterocycles. The highest BCUT2D eigenvalue weighted by Gasteiger charge is 2.25. The Kier molecular flexibility index (Phi) is 53.8. The average molecular weight is 1070 g/mol. The van der Waals surface area contributed by atoms with Crippen LogP contribution in [0.5, 0.6) is 0 Å². The zero-order valence-corrected chi connectivity index (χ0v) is 49.3. The van der Waals surface area contributed by atoms with Gasteiger partial charge in [-0.3, -0.25) is 9.59 Å². The number of quaternary nitrogens is 1. The summed E-state index contributed by atoms with van der Waals surface area (Å²) in [6.07, 6.45) is 80.6. The molecule has 0 radical (unpaired) electrons. The fourth-order valence-electron chi connectivity index (χ4n) is 7.55. The van der Waals surface area contributed by atoms with Crippen LogP contribution in [-0.4, -0.2) is 87.4 Å². The first kappa shape index (κ1) is 72.2. The molecule has 0 aromatic rings. The molecule has 77 heavy (non-hydrogen) atoms. The Bertz CT molecular complexity index is 1770. The first-order valence-electron chi connectivity index (χ1n) is 30.0. The van der Waals surface area contributed by atoms with Crippen molar-refractivity contribution < 1.29 is 42.9 Å². The lowest BCUT2D eigenvalue weighted by Gasteiger charge is -2.25. The number of carbonyl (C=O) groups is 3. The molecule has 0 spiro atoms. The molecule has 0 aliphatic rings. The van der Waals surface area contributed by atoms with Crippen molar-refractivity contribution in [3.05, 3.63) is 146 Å². The van der Waals surface area contributed by atoms with Crippen molar-refractivity contribution in [3.63, 3.8) is 0 Å². The van der Waals surface area contributed by atoms with Crippen molar-refractivity contribution in [2.45, 2.75) is 219 Å². The monoisotopic (exact) mass is 1070 g/mol. The van der Waals surface area contributed by atoms with Gasteiger partial charge in [-0.15, -0.1) is 0 Å². The number of likely N-dealkylation sites (N-methyl/N-ethyl adjacent to an activating group) is 1. The first-order chi connectivity index (χ1) is 37.6. The van der Waals surface area contributed by atoms with Crippen LogP contribution in [0.25, 0.3) is 0 Å². The van der Waals surface area contributed by atoms with Crippen LogP contribution in [0.2, 0.25) is 0 Å². The van der Waals surface area contributed by atoms with Crippen molar-refractivity contribution in [3.8, 4) is 0 Å². The van der Waals surface area contributed by atoms with Crippen molar-refractivity contribution in [1.82, 2.24) is 0 Å². The third-order valence-electron chi connectivity index (χ3n) is 12.1. The lowest BCUT2D eigenvalue weighted by atomic mass is 10.0. The predicted molar refractivity (Wildman–Crippen MR) is 327 cm³/mol. The number of carbonyl (C=O) groups excluding carboxylic acids is 2. The average Bonchev–Trinajstić information content (AvgIpc) is 3.40. The lowest BCUT2D eigenvalue weighted by molar-refractivity contribution is -0.870. The van der Waals surface area contributed by atoms with E-state index in [1.165, 1.54) is 38.5 Å². The van der Waals surface area contributed by atoms with Crippen LogP contribution in [-0.2, 0) is 33.3 Å². The number of hydrogen-bond donors (Lipinski definition) is 1. The molecule has 2 atom stereocenters. The second kappa shape index (κ2) is 57.3. The van der Waals surface area contributed by atoms with Crippen LogP contribution >= 0.6 is 0 Å². The molecule has 2 unspecified atom stereocenters. The molecule has 0 aromatic heterocycles. The molecule has 0 aliphatic heterocycles. The molecule has 1 N–H and O–H groups in total. The Labute approximate surface area is 471 Å². The second-order valence-electron chi connectivity index (χ2n) is 20.5. The van der Waals surface area contributed by atoms with Gasteiger partial charge < -0.3 is 28.5 Å². The Hall–Kier alpha value is -4.83. The van der Waals surface area contributed by atoms with Gasteiger partial charge in [-0.1, -0.05) is 224 Å². The fraction of sp³-hybridized carbons (Fsp3) is 0.603. The number of hydrogen-bond acceptors (Lipinski definition) is 7. The van der Waals surface area contributed by atoms with Gasteiger partial charge in [0.1, 0.15) is 13.2 Å². The number of allylic oxidation sites excluding steroid dienone is 24. The molecule has 0 amide bonds. The van der Waals surface area contributed by atoms with Crippen LogP contribution in [0.4, 0.5) is 0 Å². The van der Waals surface area contributed by atoms with Crippen LogP contribution < -0.4 is 0 Å². The molecular weight excluding hydrogens is 959 g/mol. The van der Waals surface area contributed by atoms with Gasteiger partial charge in [-0.05, 0) is 116 Å². The minimum atomic E-state index is -1.53. The maximum Gasteiger partial charge on any atom is 0.361 e. The van der Waals surface area contributed by atoms with E-state index in [0.29, 0.717) is 23.9 Å². The van der Waals surface area contributed by atoms with Crippen molar-refractivity contribution >= 4 is 17.9 Å². The number of ether oxygens (including phenoxy) is 4. The number of rotatable bonds is 53. The quantitative estimate of drug-likeness (QED) is 0.0211. The number of carboxylic acid groups (broad SMARTS) is 1. The van der Waals surface area contributed by atoms with Gasteiger partial charge in [0.2, 0.25) is 0 Å². The highest BCUT2D eigenvalue weighted by atomic mass is 16.7. The molecule has 9 heteroatoms. The van der Waals surface area contributed by atoms with Crippen molar-refractivity contribution in [2.75, 3.05) is 47.5 Å². The Morgan fingerprint density at radius 2 is 0.701 bits per heavy atom. The summed E-state index contributed by atoms with van der Waals surface area (Å²) >= 11 is 0. The third-order valence-corrected chi connectivity index (χ3v) is 12.1. The van der Waals surface area contributed by atoms with Gasteiger partial charge in [0, 0.05) is 12.8 Å². The van der Waals surface area contributed by atoms with E-state index in [1.54, 1.807) is 0 Å². The first-order valence-corrected chi connectivity index (χ1v) is 30.0. The number of esters is 2. The van der Waals surface area contributed by atoms with Crippen LogP contribution in [0.15, 0.2) is 146 Å². The standard InChI is InChI=1S/C68H109NO8/c1-6-8-10-12-14-16-18-20-22-24-26-28-30-31-32-33-34-35-37-39-41-43-45-47-49-51-53-55-57-59-66(71)77-64(63-76-68(67(72)73)74-61-60-69(3,4)5)62-75-65(70)58-56-54-52-50-48-46-44-42-40-38-36-29-27-25-23-21-19-17-15-13-11-9-7-2/h8-11,14-17,20-23,26-29,31-32,34-35,38,40,44,46,64,68H,6-7,12-13,18-19,24-25,30,33,36-37,39,41-43,45,47-63H2,1-5H3/p+1/b10-8-,11-9-,16-14-,17-15-,22-20-,23-21-,28-26-,29-27-,32-31-,35-34-,40-38-,46-44-. The van der Waals surface area contributed by atoms with E-state index < -0.39 is 24.3 Å². The topological polar surface area (TPSA) is 108 Å². The summed E-state index contributed by atoms with van der Waals surface area (Å²) in [5, 5.41) is 9.71. The molecule has 0 aliphatic carbocycles. The molecule has 0 aromatic carbocycles. The van der Waals surface area contributed by atoms with Gasteiger partial charge in [-0.25, -0.2) is 4.79 Å². The van der Waals surface area contributed by atoms with E-state index in [2.05, 4.69) is 160 Å². The van der Waals surface area contributed by atoms with Gasteiger partial charge in [-0.2, -0.15) is 0 Å². The van der Waals surface area contributed by atoms with Crippen LogP contribution in [0.1, 0.15) is 206 Å². The van der Waals surface area contributed by atoms with Crippen molar-refractivity contribution in [2.24, 2.45) is 0 Å². The van der Waals surface area contributed by atoms with E-state index in [0.717, 1.165) is 128 Å². The Balaban J connectivity index is 4.32. The predicted octanol–water partition coefficient (Wildman–Crippen LogP) is 18.0. The van der Waals surface area contributed by atoms with Crippen LogP contribution in [0.3, 0.4) is 0 Å². The van der Waals surface area contributed by atoms with E-state index in [1.807, 2.05) is 21.1 Å². The lowest BCUT2D eigenvalue weighted by Crippen LogP contribution is -2.40. The molecule has 0 bridgehead atoms. The van der Waals surface area contributed by atoms with Crippen molar-refractivity contribution in [1.29, 1.82) is 0 Å². The maximum atomic E-state index is 12.9. The molecule has 0 heterocycles. The minimum Gasteiger partial charge on any atom is -0.477 e. The normalized spacial score (nSPS) is 13.8. The molecule has 0 rings (SSSR count).